The molecule has 13 heteroatoms. The monoisotopic (exact) mass is 702 g/mol. The van der Waals surface area contributed by atoms with Gasteiger partial charge in [0.25, 0.3) is 0 Å². The third-order valence-electron chi connectivity index (χ3n) is 10.6. The lowest BCUT2D eigenvalue weighted by Crippen LogP contribution is -2.57. The van der Waals surface area contributed by atoms with E-state index >= 15 is 0 Å². The van der Waals surface area contributed by atoms with E-state index in [1.165, 1.54) is 0 Å². The van der Waals surface area contributed by atoms with Crippen molar-refractivity contribution < 1.29 is 13.9 Å². The molecule has 2 aromatic carbocycles. The van der Waals surface area contributed by atoms with Gasteiger partial charge in [0.2, 0.25) is 5.91 Å². The third-order valence-corrected chi connectivity index (χ3v) is 11.9. The van der Waals surface area contributed by atoms with Crippen LogP contribution in [0.15, 0.2) is 48.6 Å². The van der Waals surface area contributed by atoms with Crippen LogP contribution in [-0.2, 0) is 17.8 Å². The van der Waals surface area contributed by atoms with Crippen LogP contribution in [0, 0.1) is 11.3 Å². The predicted octanol–water partition coefficient (Wildman–Crippen LogP) is 3.22. The molecule has 1 aromatic heterocycles. The van der Waals surface area contributed by atoms with Crippen LogP contribution in [0.25, 0.3) is 10.8 Å². The highest BCUT2D eigenvalue weighted by molar-refractivity contribution is 6.36. The summed E-state index contributed by atoms with van der Waals surface area (Å²) in [7, 11) is 2.76. The first-order valence-corrected chi connectivity index (χ1v) is 19.0. The lowest BCUT2D eigenvalue weighted by molar-refractivity contribution is -0.128. The molecule has 0 unspecified atom stereocenters. The topological polar surface area (TPSA) is 92.1 Å². The maximum Gasteiger partial charge on any atom is 0.318 e. The van der Waals surface area contributed by atoms with Gasteiger partial charge in [-0.05, 0) is 50.4 Å². The van der Waals surface area contributed by atoms with E-state index in [-0.39, 0.29) is 17.5 Å². The molecule has 0 spiro atoms. The number of anilines is 2. The number of amides is 1. The molecule has 4 aliphatic rings. The average molecular weight is 703 g/mol. The smallest absolute Gasteiger partial charge is 0.318 e. The number of nitrogens with zero attached hydrogens (tertiary/aromatic N) is 8. The summed E-state index contributed by atoms with van der Waals surface area (Å²) >= 11 is 6.74. The summed E-state index contributed by atoms with van der Waals surface area (Å²) in [6.07, 6.45) is 5.60. The van der Waals surface area contributed by atoms with E-state index in [1.807, 2.05) is 28.0 Å². The summed E-state index contributed by atoms with van der Waals surface area (Å²) in [5.41, 5.74) is 2.85. The number of aromatic nitrogens is 2. The lowest BCUT2D eigenvalue weighted by Gasteiger charge is -2.44. The molecule has 0 aliphatic carbocycles. The number of hydrogen-bond acceptors (Lipinski definition) is 9. The minimum atomic E-state index is -0.773. The molecule has 7 rings (SSSR count). The van der Waals surface area contributed by atoms with Crippen molar-refractivity contribution in [3.05, 3.63) is 64.8 Å². The fourth-order valence-electron chi connectivity index (χ4n) is 7.66. The zero-order valence-corrected chi connectivity index (χ0v) is 31.0. The number of fused-ring (bicyclic) bond motifs is 2. The van der Waals surface area contributed by atoms with Gasteiger partial charge in [0.1, 0.15) is 18.6 Å². The first-order chi connectivity index (χ1) is 23.8. The van der Waals surface area contributed by atoms with Crippen LogP contribution < -0.4 is 14.5 Å². The summed E-state index contributed by atoms with van der Waals surface area (Å²) in [4.78, 5) is 34.2. The van der Waals surface area contributed by atoms with Crippen molar-refractivity contribution in [1.29, 1.82) is 5.26 Å². The zero-order chi connectivity index (χ0) is 34.1. The Kier molecular flexibility index (Phi) is 10.1. The Balaban J connectivity index is 1.16. The molecule has 3 saturated heterocycles. The van der Waals surface area contributed by atoms with E-state index in [9.17, 15) is 14.4 Å². The molecule has 0 saturated carbocycles. The summed E-state index contributed by atoms with van der Waals surface area (Å²) in [6, 6.07) is 15.2. The highest BCUT2D eigenvalue weighted by Gasteiger charge is 2.36. The summed E-state index contributed by atoms with van der Waals surface area (Å²) in [5.74, 6) is 0.741. The molecule has 10 nitrogen and oxygen atoms in total. The first kappa shape index (κ1) is 33.7. The highest BCUT2D eigenvalue weighted by Crippen LogP contribution is 2.37. The number of likely N-dealkylation sites (tertiary alicyclic amines) is 2. The number of nitriles is 1. The Hall–Kier alpha value is -3.76. The summed E-state index contributed by atoms with van der Waals surface area (Å²) in [5, 5.41) is 12.9. The Morgan fingerprint density at radius 1 is 1.14 bits per heavy atom. The van der Waals surface area contributed by atoms with Crippen molar-refractivity contribution in [2.24, 2.45) is 0 Å². The third kappa shape index (κ3) is 7.13. The van der Waals surface area contributed by atoms with Gasteiger partial charge in [-0.25, -0.2) is 4.39 Å². The second-order valence-electron chi connectivity index (χ2n) is 13.8. The quantitative estimate of drug-likeness (QED) is 0.246. The number of ether oxygens (including phenoxy) is 1. The molecular weight excluding hydrogens is 659 g/mol. The SMILES string of the molecule is CN1CCC[C@H]1COc1nc2c(c(N3CCN(C(=O)/C=C/CN4CC(F)C4)[C@@H]([C@@H]([SiH3])C#N)C3)n1)CCN(c1cccc3cccc(Cl)c13)C2. The lowest BCUT2D eigenvalue weighted by atomic mass is 10.0. The standard InChI is InChI=1S/C36H44ClFN8O2Si/c1-42-13-4-8-26(42)23-48-36-40-29-21-44(30-10-3-7-24-6-2-9-28(37)34(24)30)15-12-27(29)35(41-36)45-16-17-46(31(22-45)32(49)18-39)33(47)11-5-14-43-19-25(38)20-43/h2-3,5-7,9-11,25-26,31-32H,4,8,12-17,19-23H2,1,49H3/b11-5+/t26-,31+,32-/m0/s1. The second kappa shape index (κ2) is 14.6. The number of rotatable bonds is 9. The van der Waals surface area contributed by atoms with E-state index in [4.69, 9.17) is 26.3 Å². The van der Waals surface area contributed by atoms with Crippen LogP contribution >= 0.6 is 11.6 Å². The molecule has 3 fully saturated rings. The number of hydrogen-bond donors (Lipinski definition) is 0. The number of halogens is 2. The molecule has 1 amide bonds. The fraction of sp³-hybridized carbons (Fsp3) is 0.500. The fourth-order valence-corrected chi connectivity index (χ4v) is 8.51. The van der Waals surface area contributed by atoms with Gasteiger partial charge in [0.15, 0.2) is 0 Å². The van der Waals surface area contributed by atoms with Crippen molar-refractivity contribution in [1.82, 2.24) is 24.7 Å². The molecule has 0 N–H and O–H groups in total. The summed E-state index contributed by atoms with van der Waals surface area (Å²) < 4.78 is 19.6. The van der Waals surface area contributed by atoms with E-state index in [1.54, 1.807) is 6.08 Å². The Labute approximate surface area is 295 Å². The number of carbonyl (C=O) groups is 1. The first-order valence-electron chi connectivity index (χ1n) is 17.4. The normalized spacial score (nSPS) is 22.8. The van der Waals surface area contributed by atoms with Gasteiger partial charge in [-0.15, -0.1) is 0 Å². The van der Waals surface area contributed by atoms with Gasteiger partial charge in [0.05, 0.1) is 34.9 Å². The number of likely N-dealkylation sites (N-methyl/N-ethyl adjacent to an activating group) is 1. The molecule has 3 aromatic rings. The van der Waals surface area contributed by atoms with Gasteiger partial charge in [-0.1, -0.05) is 41.9 Å². The van der Waals surface area contributed by atoms with E-state index in [2.05, 4.69) is 52.1 Å². The molecule has 0 radical (unpaired) electrons. The molecular formula is C36H44ClFN8O2Si. The van der Waals surface area contributed by atoms with Crippen LogP contribution in [0.4, 0.5) is 15.9 Å². The molecule has 258 valence electrons. The second-order valence-corrected chi connectivity index (χ2v) is 15.5. The number of carbonyl (C=O) groups excluding carboxylic acids is 1. The van der Waals surface area contributed by atoms with E-state index < -0.39 is 6.17 Å². The Bertz CT molecular complexity index is 1760. The largest absolute Gasteiger partial charge is 0.462 e. The van der Waals surface area contributed by atoms with Crippen LogP contribution in [0.2, 0.25) is 10.6 Å². The van der Waals surface area contributed by atoms with Gasteiger partial charge >= 0.3 is 6.01 Å². The Morgan fingerprint density at radius 3 is 2.71 bits per heavy atom. The van der Waals surface area contributed by atoms with Crippen LogP contribution in [0.5, 0.6) is 6.01 Å². The van der Waals surface area contributed by atoms with Gasteiger partial charge in [-0.2, -0.15) is 15.2 Å². The maximum absolute atomic E-state index is 13.4. The van der Waals surface area contributed by atoms with Crippen molar-refractivity contribution >= 4 is 50.0 Å². The maximum atomic E-state index is 13.4. The van der Waals surface area contributed by atoms with E-state index in [0.717, 1.165) is 70.9 Å². The molecule has 0 bridgehead atoms. The highest BCUT2D eigenvalue weighted by atomic mass is 35.5. The zero-order valence-electron chi connectivity index (χ0n) is 28.3. The van der Waals surface area contributed by atoms with Crippen LogP contribution in [0.3, 0.4) is 0 Å². The minimum absolute atomic E-state index is 0.100. The minimum Gasteiger partial charge on any atom is -0.462 e. The molecule has 49 heavy (non-hydrogen) atoms. The number of alkyl halides is 1. The van der Waals surface area contributed by atoms with Gasteiger partial charge in [-0.3, -0.25) is 9.69 Å². The van der Waals surface area contributed by atoms with Crippen molar-refractivity contribution in [2.45, 2.75) is 49.6 Å². The predicted molar refractivity (Wildman–Crippen MR) is 194 cm³/mol. The summed E-state index contributed by atoms with van der Waals surface area (Å²) in [6.45, 7) is 5.89. The van der Waals surface area contributed by atoms with Crippen molar-refractivity contribution in [3.8, 4) is 12.1 Å². The Morgan fingerprint density at radius 2 is 1.96 bits per heavy atom. The molecule has 5 heterocycles. The number of piperazine rings is 1. The molecule has 4 aliphatic heterocycles. The van der Waals surface area contributed by atoms with Crippen LogP contribution in [0.1, 0.15) is 24.1 Å². The van der Waals surface area contributed by atoms with Crippen molar-refractivity contribution in [2.75, 3.05) is 75.8 Å². The van der Waals surface area contributed by atoms with Gasteiger partial charge in [0, 0.05) is 84.8 Å². The van der Waals surface area contributed by atoms with Crippen molar-refractivity contribution in [3.63, 3.8) is 0 Å². The molecule has 3 atom stereocenters. The van der Waals surface area contributed by atoms with Gasteiger partial charge < -0.3 is 24.3 Å². The average Bonchev–Trinajstić information content (AvgIpc) is 3.52. The number of benzene rings is 2. The van der Waals surface area contributed by atoms with E-state index in [0.29, 0.717) is 74.7 Å². The van der Waals surface area contributed by atoms with Crippen LogP contribution in [-0.4, -0.2) is 125 Å².